The molecule has 4 aromatic rings. The molecule has 44 heavy (non-hydrogen) atoms. The minimum absolute atomic E-state index is 0.0391. The van der Waals surface area contributed by atoms with E-state index in [1.165, 1.54) is 6.08 Å². The van der Waals surface area contributed by atoms with Crippen molar-refractivity contribution in [1.82, 2.24) is 4.57 Å². The lowest BCUT2D eigenvalue weighted by Gasteiger charge is -2.44. The average molecular weight is 589 g/mol. The van der Waals surface area contributed by atoms with Gasteiger partial charge in [-0.15, -0.1) is 0 Å². The van der Waals surface area contributed by atoms with Crippen molar-refractivity contribution in [1.29, 1.82) is 0 Å². The molecule has 4 heterocycles. The third-order valence-corrected chi connectivity index (χ3v) is 8.36. The minimum atomic E-state index is -0.313. The molecule has 222 valence electrons. The number of nitrogens with one attached hydrogen (secondary N) is 2. The second-order valence-corrected chi connectivity index (χ2v) is 11.4. The highest BCUT2D eigenvalue weighted by molar-refractivity contribution is 6.08. The molecule has 0 radical (unpaired) electrons. The Kier molecular flexibility index (Phi) is 7.35. The maximum Gasteiger partial charge on any atom is 0.255 e. The fourth-order valence-electron chi connectivity index (χ4n) is 6.38. The summed E-state index contributed by atoms with van der Waals surface area (Å²) in [5.74, 6) is 1.10. The van der Waals surface area contributed by atoms with E-state index in [0.29, 0.717) is 60.7 Å². The molecule has 0 spiro atoms. The van der Waals surface area contributed by atoms with Crippen molar-refractivity contribution in [3.8, 4) is 11.5 Å². The van der Waals surface area contributed by atoms with Crippen molar-refractivity contribution >= 4 is 35.0 Å². The number of amides is 2. The van der Waals surface area contributed by atoms with Crippen LogP contribution in [0.1, 0.15) is 34.0 Å². The van der Waals surface area contributed by atoms with Gasteiger partial charge in [0.25, 0.3) is 11.5 Å². The number of hydrogen-bond acceptors (Lipinski definition) is 6. The first-order chi connectivity index (χ1) is 21.5. The lowest BCUT2D eigenvalue weighted by Crippen LogP contribution is -2.47. The van der Waals surface area contributed by atoms with E-state index in [0.717, 1.165) is 29.9 Å². The molecule has 1 saturated heterocycles. The molecule has 2 bridgehead atoms. The maximum atomic E-state index is 13.4. The maximum absolute atomic E-state index is 13.4. The highest BCUT2D eigenvalue weighted by Gasteiger charge is 2.35. The Morgan fingerprint density at radius 1 is 0.818 bits per heavy atom. The van der Waals surface area contributed by atoms with Crippen LogP contribution in [0.3, 0.4) is 0 Å². The van der Waals surface area contributed by atoms with Crippen molar-refractivity contribution in [2.75, 3.05) is 41.8 Å². The molecule has 9 nitrogen and oxygen atoms in total. The van der Waals surface area contributed by atoms with Gasteiger partial charge in [0.2, 0.25) is 5.91 Å². The highest BCUT2D eigenvalue weighted by Crippen LogP contribution is 2.39. The van der Waals surface area contributed by atoms with Crippen molar-refractivity contribution in [3.05, 3.63) is 118 Å². The van der Waals surface area contributed by atoms with Crippen molar-refractivity contribution in [3.63, 3.8) is 0 Å². The zero-order valence-electron chi connectivity index (χ0n) is 24.1. The summed E-state index contributed by atoms with van der Waals surface area (Å²) in [5, 5.41) is 5.97. The number of carbonyl (C=O) groups is 2. The molecule has 7 rings (SSSR count). The molecule has 1 fully saturated rings. The third-order valence-electron chi connectivity index (χ3n) is 8.36. The number of rotatable bonds is 6. The summed E-state index contributed by atoms with van der Waals surface area (Å²) in [6, 6.07) is 25.8. The molecule has 2 N–H and O–H groups in total. The SMILES string of the molecule is O=C(/C=C/c1ccccc1)Nc1cc(C(=O)Nc2ccc3c(c2)OCCO3)ccc1N1C[C@H]2C[C@@H](C1)c1cccc(=O)n1C2. The number of piperidine rings is 1. The summed E-state index contributed by atoms with van der Waals surface area (Å²) in [6.07, 6.45) is 4.26. The molecule has 2 atom stereocenters. The van der Waals surface area contributed by atoms with Crippen LogP contribution in [-0.2, 0) is 11.3 Å². The molecule has 0 saturated carbocycles. The van der Waals surface area contributed by atoms with Crippen LogP contribution in [0.4, 0.5) is 17.1 Å². The summed E-state index contributed by atoms with van der Waals surface area (Å²) in [7, 11) is 0. The molecular formula is C35H32N4O5. The molecular weight excluding hydrogens is 556 g/mol. The van der Waals surface area contributed by atoms with Gasteiger partial charge in [-0.25, -0.2) is 0 Å². The average Bonchev–Trinajstić information content (AvgIpc) is 3.04. The quantitative estimate of drug-likeness (QED) is 0.302. The number of ether oxygens (including phenoxy) is 2. The van der Waals surface area contributed by atoms with E-state index in [1.807, 2.05) is 53.1 Å². The summed E-state index contributed by atoms with van der Waals surface area (Å²) in [4.78, 5) is 41.3. The lowest BCUT2D eigenvalue weighted by atomic mass is 9.83. The van der Waals surface area contributed by atoms with Gasteiger partial charge < -0.3 is 29.6 Å². The Morgan fingerprint density at radius 3 is 2.52 bits per heavy atom. The zero-order valence-corrected chi connectivity index (χ0v) is 24.1. The second-order valence-electron chi connectivity index (χ2n) is 11.4. The topological polar surface area (TPSA) is 102 Å². The molecule has 3 aliphatic heterocycles. The fraction of sp³-hybridized carbons (Fsp3) is 0.229. The second kappa shape index (κ2) is 11.8. The number of benzene rings is 3. The predicted molar refractivity (Wildman–Crippen MR) is 170 cm³/mol. The van der Waals surface area contributed by atoms with Crippen LogP contribution >= 0.6 is 0 Å². The number of nitrogens with zero attached hydrogens (tertiary/aromatic N) is 2. The first-order valence-electron chi connectivity index (χ1n) is 14.8. The van der Waals surface area contributed by atoms with E-state index in [1.54, 1.807) is 42.5 Å². The van der Waals surface area contributed by atoms with Crippen LogP contribution in [0.5, 0.6) is 11.5 Å². The monoisotopic (exact) mass is 588 g/mol. The van der Waals surface area contributed by atoms with Crippen molar-refractivity contribution < 1.29 is 19.1 Å². The van der Waals surface area contributed by atoms with Crippen LogP contribution in [0.2, 0.25) is 0 Å². The zero-order chi connectivity index (χ0) is 30.0. The molecule has 9 heteroatoms. The predicted octanol–water partition coefficient (Wildman–Crippen LogP) is 5.15. The molecule has 2 amide bonds. The number of carbonyl (C=O) groups excluding carboxylic acids is 2. The van der Waals surface area contributed by atoms with Crippen LogP contribution in [0.15, 0.2) is 95.8 Å². The molecule has 3 aromatic carbocycles. The third kappa shape index (κ3) is 5.68. The van der Waals surface area contributed by atoms with E-state index in [4.69, 9.17) is 9.47 Å². The standard InChI is InChI=1S/C35H32N4O5/c40-33(14-9-23-5-2-1-3-6-23)37-28-18-25(35(42)36-27-11-13-31-32(19-27)44-16-15-43-31)10-12-30(28)38-20-24-17-26(22-38)29-7-4-8-34(41)39(29)21-24/h1-14,18-19,24,26H,15-17,20-22H2,(H,36,42)(H,37,40)/b14-9+/t24-,26+/m1/s1. The number of pyridine rings is 1. The van der Waals surface area contributed by atoms with Crippen LogP contribution in [0, 0.1) is 5.92 Å². The van der Waals surface area contributed by atoms with Gasteiger partial charge in [-0.3, -0.25) is 14.4 Å². The Morgan fingerprint density at radius 2 is 1.66 bits per heavy atom. The summed E-state index contributed by atoms with van der Waals surface area (Å²) in [6.45, 7) is 3.05. The van der Waals surface area contributed by atoms with Crippen LogP contribution < -0.4 is 30.6 Å². The fourth-order valence-corrected chi connectivity index (χ4v) is 6.38. The summed E-state index contributed by atoms with van der Waals surface area (Å²) in [5.41, 5.74) is 4.37. The number of hydrogen-bond donors (Lipinski definition) is 2. The molecule has 0 aliphatic carbocycles. The van der Waals surface area contributed by atoms with Gasteiger partial charge >= 0.3 is 0 Å². The number of aromatic nitrogens is 1. The molecule has 1 aromatic heterocycles. The molecule has 0 unspecified atom stereocenters. The van der Waals surface area contributed by atoms with Gasteiger partial charge in [0.1, 0.15) is 13.2 Å². The van der Waals surface area contributed by atoms with Crippen LogP contribution in [0.25, 0.3) is 6.08 Å². The Balaban J connectivity index is 1.17. The summed E-state index contributed by atoms with van der Waals surface area (Å²) >= 11 is 0. The van der Waals surface area contributed by atoms with Gasteiger partial charge in [-0.2, -0.15) is 0 Å². The van der Waals surface area contributed by atoms with Gasteiger partial charge in [0, 0.05) is 60.7 Å². The molecule has 3 aliphatic rings. The van der Waals surface area contributed by atoms with Gasteiger partial charge in [0.15, 0.2) is 11.5 Å². The van der Waals surface area contributed by atoms with E-state index >= 15 is 0 Å². The number of anilines is 3. The van der Waals surface area contributed by atoms with Crippen molar-refractivity contribution in [2.24, 2.45) is 5.92 Å². The largest absolute Gasteiger partial charge is 0.486 e. The van der Waals surface area contributed by atoms with E-state index in [9.17, 15) is 14.4 Å². The Hall–Kier alpha value is -5.31. The van der Waals surface area contributed by atoms with Gasteiger partial charge in [0.05, 0.1) is 11.4 Å². The van der Waals surface area contributed by atoms with Gasteiger partial charge in [-0.1, -0.05) is 36.4 Å². The number of fused-ring (bicyclic) bond motifs is 5. The van der Waals surface area contributed by atoms with Crippen LogP contribution in [-0.4, -0.2) is 42.7 Å². The van der Waals surface area contributed by atoms with E-state index in [2.05, 4.69) is 15.5 Å². The van der Waals surface area contributed by atoms with E-state index < -0.39 is 0 Å². The normalized spacial score (nSPS) is 18.4. The Labute approximate surface area is 254 Å². The van der Waals surface area contributed by atoms with Crippen molar-refractivity contribution in [2.45, 2.75) is 18.9 Å². The lowest BCUT2D eigenvalue weighted by molar-refractivity contribution is -0.111. The first-order valence-corrected chi connectivity index (χ1v) is 14.8. The summed E-state index contributed by atoms with van der Waals surface area (Å²) < 4.78 is 13.1. The smallest absolute Gasteiger partial charge is 0.255 e. The van der Waals surface area contributed by atoms with Gasteiger partial charge in [-0.05, 0) is 60.4 Å². The Bertz CT molecular complexity index is 1820. The highest BCUT2D eigenvalue weighted by atomic mass is 16.6. The minimum Gasteiger partial charge on any atom is -0.486 e. The van der Waals surface area contributed by atoms with E-state index in [-0.39, 0.29) is 23.3 Å². The first kappa shape index (κ1) is 27.5.